The lowest BCUT2D eigenvalue weighted by Gasteiger charge is -2.40. The Bertz CT molecular complexity index is 983. The minimum absolute atomic E-state index is 0.0628. The summed E-state index contributed by atoms with van der Waals surface area (Å²) in [6.45, 7) is 9.61. The van der Waals surface area contributed by atoms with E-state index in [1.54, 1.807) is 49.1 Å². The van der Waals surface area contributed by atoms with Crippen molar-refractivity contribution in [3.63, 3.8) is 0 Å². The third-order valence-corrected chi connectivity index (χ3v) is 6.52. The van der Waals surface area contributed by atoms with E-state index >= 15 is 0 Å². The van der Waals surface area contributed by atoms with Gasteiger partial charge in [0.2, 0.25) is 0 Å². The van der Waals surface area contributed by atoms with Crippen molar-refractivity contribution in [1.29, 1.82) is 0 Å². The molecule has 0 spiro atoms. The van der Waals surface area contributed by atoms with Crippen molar-refractivity contribution in [2.45, 2.75) is 33.2 Å². The molecule has 1 atom stereocenters. The van der Waals surface area contributed by atoms with Crippen molar-refractivity contribution in [3.05, 3.63) is 35.0 Å². The van der Waals surface area contributed by atoms with Crippen LogP contribution in [0.1, 0.15) is 38.8 Å². The van der Waals surface area contributed by atoms with Crippen molar-refractivity contribution < 1.29 is 28.6 Å². The van der Waals surface area contributed by atoms with Gasteiger partial charge in [-0.1, -0.05) is 6.92 Å². The van der Waals surface area contributed by atoms with Gasteiger partial charge in [-0.3, -0.25) is 9.80 Å². The van der Waals surface area contributed by atoms with Crippen molar-refractivity contribution in [3.8, 4) is 11.5 Å². The summed E-state index contributed by atoms with van der Waals surface area (Å²) in [5.41, 5.74) is 1.63. The molecule has 204 valence electrons. The van der Waals surface area contributed by atoms with Crippen LogP contribution >= 0.6 is 0 Å². The average Bonchev–Trinajstić information content (AvgIpc) is 2.91. The van der Waals surface area contributed by atoms with E-state index in [0.29, 0.717) is 74.1 Å². The first-order chi connectivity index (χ1) is 17.9. The van der Waals surface area contributed by atoms with Gasteiger partial charge in [-0.15, -0.1) is 0 Å². The van der Waals surface area contributed by atoms with E-state index in [2.05, 4.69) is 15.5 Å². The number of piperazine rings is 1. The number of carbonyl (C=O) groups is 3. The zero-order chi connectivity index (χ0) is 26.9. The molecule has 1 aromatic rings. The molecule has 0 aromatic heterocycles. The lowest BCUT2D eigenvalue weighted by molar-refractivity contribution is -0.139. The molecule has 2 aliphatic heterocycles. The number of urea groups is 2. The molecule has 0 saturated carbocycles. The number of hydrogen-bond donors (Lipinski definition) is 2. The molecule has 1 fully saturated rings. The monoisotopic (exact) mass is 517 g/mol. The van der Waals surface area contributed by atoms with Gasteiger partial charge < -0.3 is 29.7 Å². The molecular weight excluding hydrogens is 478 g/mol. The molecule has 0 aliphatic carbocycles. The maximum Gasteiger partial charge on any atom is 0.338 e. The van der Waals surface area contributed by atoms with Crippen LogP contribution in [0, 0.1) is 0 Å². The molecular formula is C26H39N5O6. The molecule has 4 amide bonds. The summed E-state index contributed by atoms with van der Waals surface area (Å²) in [7, 11) is 3.10. The molecule has 37 heavy (non-hydrogen) atoms. The van der Waals surface area contributed by atoms with E-state index in [0.717, 1.165) is 6.42 Å². The molecule has 2 heterocycles. The Labute approximate surface area is 218 Å². The molecule has 2 N–H and O–H groups in total. The fraction of sp³-hybridized carbons (Fsp3) is 0.577. The first kappa shape index (κ1) is 28.1. The number of likely N-dealkylation sites (N-methyl/N-ethyl adjacent to an activating group) is 1. The van der Waals surface area contributed by atoms with E-state index in [1.165, 1.54) is 0 Å². The number of nitrogens with one attached hydrogen (secondary N) is 2. The Hall–Kier alpha value is -3.47. The summed E-state index contributed by atoms with van der Waals surface area (Å²) >= 11 is 0. The summed E-state index contributed by atoms with van der Waals surface area (Å²) in [4.78, 5) is 44.5. The zero-order valence-electron chi connectivity index (χ0n) is 22.5. The number of benzene rings is 1. The molecule has 1 saturated heterocycles. The predicted molar refractivity (Wildman–Crippen MR) is 139 cm³/mol. The molecule has 3 rings (SSSR count). The lowest BCUT2D eigenvalue weighted by Crippen LogP contribution is -2.55. The Morgan fingerprint density at radius 1 is 1.03 bits per heavy atom. The van der Waals surface area contributed by atoms with Gasteiger partial charge in [-0.05, 0) is 38.0 Å². The third kappa shape index (κ3) is 6.65. The average molecular weight is 518 g/mol. The number of rotatable bonds is 10. The van der Waals surface area contributed by atoms with Gasteiger partial charge in [0.15, 0.2) is 0 Å². The second-order valence-corrected chi connectivity index (χ2v) is 8.85. The molecule has 1 unspecified atom stereocenters. The normalized spacial score (nSPS) is 18.4. The molecule has 0 radical (unpaired) electrons. The van der Waals surface area contributed by atoms with Gasteiger partial charge in [0.25, 0.3) is 0 Å². The number of methoxy groups -OCH3 is 2. The van der Waals surface area contributed by atoms with Crippen molar-refractivity contribution in [2.75, 3.05) is 66.6 Å². The van der Waals surface area contributed by atoms with Crippen LogP contribution in [-0.2, 0) is 9.53 Å². The van der Waals surface area contributed by atoms with Crippen LogP contribution in [0.5, 0.6) is 11.5 Å². The highest BCUT2D eigenvalue weighted by molar-refractivity contribution is 5.95. The Kier molecular flexibility index (Phi) is 10.0. The van der Waals surface area contributed by atoms with Gasteiger partial charge in [-0.2, -0.15) is 0 Å². The van der Waals surface area contributed by atoms with Gasteiger partial charge in [0.05, 0.1) is 32.4 Å². The summed E-state index contributed by atoms with van der Waals surface area (Å²) in [5, 5.41) is 5.89. The largest absolute Gasteiger partial charge is 0.497 e. The minimum Gasteiger partial charge on any atom is -0.497 e. The fourth-order valence-corrected chi connectivity index (χ4v) is 4.57. The van der Waals surface area contributed by atoms with E-state index in [4.69, 9.17) is 14.2 Å². The molecule has 0 bridgehead atoms. The Balaban J connectivity index is 1.96. The number of amides is 4. The highest BCUT2D eigenvalue weighted by atomic mass is 16.5. The van der Waals surface area contributed by atoms with Crippen LogP contribution in [-0.4, -0.2) is 99.4 Å². The summed E-state index contributed by atoms with van der Waals surface area (Å²) < 4.78 is 16.3. The smallest absolute Gasteiger partial charge is 0.338 e. The van der Waals surface area contributed by atoms with E-state index in [9.17, 15) is 14.4 Å². The highest BCUT2D eigenvalue weighted by Gasteiger charge is 2.39. The summed E-state index contributed by atoms with van der Waals surface area (Å²) in [6.07, 6.45) is 0.881. The molecule has 11 heteroatoms. The van der Waals surface area contributed by atoms with E-state index in [1.807, 2.05) is 13.8 Å². The van der Waals surface area contributed by atoms with Gasteiger partial charge >= 0.3 is 18.0 Å². The first-order valence-corrected chi connectivity index (χ1v) is 12.8. The van der Waals surface area contributed by atoms with Crippen LogP contribution in [0.25, 0.3) is 0 Å². The van der Waals surface area contributed by atoms with Crippen molar-refractivity contribution in [2.24, 2.45) is 0 Å². The summed E-state index contributed by atoms with van der Waals surface area (Å²) in [6, 6.07) is 4.19. The molecule has 11 nitrogen and oxygen atoms in total. The van der Waals surface area contributed by atoms with Crippen LogP contribution < -0.4 is 20.1 Å². The SMILES string of the molecule is CCCNC(=O)N1CCN(CC2=C(C(=O)OCC)C(c3cc(OC)cc(OC)c3)NC(=O)N2CC)CC1. The molecule has 1 aromatic carbocycles. The van der Waals surface area contributed by atoms with Crippen LogP contribution in [0.15, 0.2) is 29.5 Å². The second-order valence-electron chi connectivity index (χ2n) is 8.85. The van der Waals surface area contributed by atoms with Crippen LogP contribution in [0.4, 0.5) is 9.59 Å². The Morgan fingerprint density at radius 3 is 2.22 bits per heavy atom. The Morgan fingerprint density at radius 2 is 1.68 bits per heavy atom. The quantitative estimate of drug-likeness (QED) is 0.458. The highest BCUT2D eigenvalue weighted by Crippen LogP contribution is 2.35. The maximum absolute atomic E-state index is 13.4. The maximum atomic E-state index is 13.4. The number of hydrogen-bond acceptors (Lipinski definition) is 7. The lowest BCUT2D eigenvalue weighted by atomic mass is 9.93. The molecule has 2 aliphatic rings. The van der Waals surface area contributed by atoms with E-state index < -0.39 is 12.0 Å². The number of nitrogens with zero attached hydrogens (tertiary/aromatic N) is 3. The van der Waals surface area contributed by atoms with Crippen molar-refractivity contribution in [1.82, 2.24) is 25.3 Å². The standard InChI is InChI=1S/C26H39N5O6/c1-6-9-27-25(33)30-12-10-29(11-13-30)17-21-22(24(32)37-8-3)23(28-26(34)31(21)7-2)18-14-19(35-4)16-20(15-18)36-5/h14-16,23H,6-13,17H2,1-5H3,(H,27,33)(H,28,34). The second kappa shape index (κ2) is 13.2. The number of carbonyl (C=O) groups excluding carboxylic acids is 3. The van der Waals surface area contributed by atoms with Gasteiger partial charge in [0, 0.05) is 57.6 Å². The fourth-order valence-electron chi connectivity index (χ4n) is 4.57. The van der Waals surface area contributed by atoms with Crippen LogP contribution in [0.3, 0.4) is 0 Å². The topological polar surface area (TPSA) is 113 Å². The zero-order valence-corrected chi connectivity index (χ0v) is 22.5. The third-order valence-electron chi connectivity index (χ3n) is 6.52. The summed E-state index contributed by atoms with van der Waals surface area (Å²) in [5.74, 6) is 0.604. The van der Waals surface area contributed by atoms with E-state index in [-0.39, 0.29) is 18.7 Å². The first-order valence-electron chi connectivity index (χ1n) is 12.8. The number of ether oxygens (including phenoxy) is 3. The van der Waals surface area contributed by atoms with Gasteiger partial charge in [-0.25, -0.2) is 14.4 Å². The van der Waals surface area contributed by atoms with Crippen LogP contribution in [0.2, 0.25) is 0 Å². The van der Waals surface area contributed by atoms with Gasteiger partial charge in [0.1, 0.15) is 11.5 Å². The minimum atomic E-state index is -0.741. The predicted octanol–water partition coefficient (Wildman–Crippen LogP) is 2.34. The van der Waals surface area contributed by atoms with Crippen molar-refractivity contribution >= 4 is 18.0 Å². The number of esters is 1.